The highest BCUT2D eigenvalue weighted by Crippen LogP contribution is 2.64. The monoisotopic (exact) mass is 780 g/mol. The molecule has 0 bridgehead atoms. The average molecular weight is 782 g/mol. The largest absolute Gasteiger partial charge is 0.508 e. The van der Waals surface area contributed by atoms with Gasteiger partial charge in [-0.3, -0.25) is 29.5 Å². The predicted octanol–water partition coefficient (Wildman–Crippen LogP) is 7.67. The molecule has 2 aromatic carbocycles. The fourth-order valence-corrected chi connectivity index (χ4v) is 9.82. The Kier molecular flexibility index (Phi) is 8.47. The van der Waals surface area contributed by atoms with E-state index in [1.54, 1.807) is 43.3 Å². The van der Waals surface area contributed by atoms with Crippen LogP contribution in [0, 0.1) is 30.6 Å². The van der Waals surface area contributed by atoms with Crippen molar-refractivity contribution in [2.24, 2.45) is 23.7 Å². The summed E-state index contributed by atoms with van der Waals surface area (Å²) < 4.78 is 40.3. The van der Waals surface area contributed by atoms with E-state index in [1.807, 2.05) is 23.6 Å². The normalized spacial score (nSPS) is 26.8. The van der Waals surface area contributed by atoms with Gasteiger partial charge in [-0.15, -0.1) is 11.3 Å². The first kappa shape index (κ1) is 35.3. The molecule has 4 heterocycles. The lowest BCUT2D eigenvalue weighted by Gasteiger charge is -2.50. The number of aryl methyl sites for hydroxylation is 1. The molecule has 2 N–H and O–H groups in total. The number of aromatic nitrogens is 1. The number of imide groups is 2. The molecule has 6 atom stereocenters. The van der Waals surface area contributed by atoms with Crippen molar-refractivity contribution in [1.82, 2.24) is 14.9 Å². The fourth-order valence-electron chi connectivity index (χ4n) is 8.80. The van der Waals surface area contributed by atoms with Crippen LogP contribution in [-0.4, -0.2) is 43.6 Å². The second-order valence-electron chi connectivity index (χ2n) is 13.8. The zero-order valence-electron chi connectivity index (χ0n) is 27.7. The number of benzene rings is 2. The van der Waals surface area contributed by atoms with E-state index >= 15 is 4.79 Å². The number of fused-ring (bicyclic) bond motifs is 4. The maximum Gasteiger partial charge on any atom is 0.417 e. The summed E-state index contributed by atoms with van der Waals surface area (Å²) in [6.45, 7) is 1.82. The van der Waals surface area contributed by atoms with Crippen LogP contribution in [0.5, 0.6) is 5.75 Å². The van der Waals surface area contributed by atoms with Gasteiger partial charge in [-0.1, -0.05) is 65.2 Å². The third kappa shape index (κ3) is 5.46. The highest BCUT2D eigenvalue weighted by atomic mass is 35.5. The van der Waals surface area contributed by atoms with Gasteiger partial charge in [0.15, 0.2) is 5.82 Å². The molecule has 0 spiro atoms. The van der Waals surface area contributed by atoms with E-state index in [0.717, 1.165) is 9.89 Å². The second-order valence-corrected chi connectivity index (χ2v) is 15.7. The van der Waals surface area contributed by atoms with Gasteiger partial charge < -0.3 is 5.11 Å². The summed E-state index contributed by atoms with van der Waals surface area (Å²) in [5.74, 6) is -6.54. The number of hydrogen-bond donors (Lipinski definition) is 2. The molecule has 2 aliphatic carbocycles. The number of phenolic OH excluding ortho intramolecular Hbond substituents is 1. The van der Waals surface area contributed by atoms with Gasteiger partial charge in [-0.05, 0) is 78.1 Å². The molecule has 0 unspecified atom stereocenters. The van der Waals surface area contributed by atoms with Gasteiger partial charge in [0.25, 0.3) is 11.8 Å². The van der Waals surface area contributed by atoms with Crippen LogP contribution in [0.2, 0.25) is 10.0 Å². The number of pyridine rings is 1. The number of hydrogen-bond acceptors (Lipinski definition) is 8. The molecule has 3 fully saturated rings. The van der Waals surface area contributed by atoms with Crippen molar-refractivity contribution in [2.75, 3.05) is 5.43 Å². The van der Waals surface area contributed by atoms with E-state index in [0.29, 0.717) is 39.5 Å². The van der Waals surface area contributed by atoms with E-state index in [-0.39, 0.29) is 42.8 Å². The fraction of sp³-hybridized carbons (Fsp3) is 0.289. The number of anilines is 1. The lowest BCUT2D eigenvalue weighted by Crippen LogP contribution is -2.53. The van der Waals surface area contributed by atoms with Gasteiger partial charge in [0.1, 0.15) is 5.75 Å². The quantitative estimate of drug-likeness (QED) is 0.152. The van der Waals surface area contributed by atoms with Crippen molar-refractivity contribution in [2.45, 2.75) is 43.8 Å². The van der Waals surface area contributed by atoms with E-state index in [1.165, 1.54) is 22.3 Å². The summed E-state index contributed by atoms with van der Waals surface area (Å²) >= 11 is 14.0. The van der Waals surface area contributed by atoms with Gasteiger partial charge in [0, 0.05) is 22.0 Å². The first-order valence-corrected chi connectivity index (χ1v) is 18.4. The van der Waals surface area contributed by atoms with Gasteiger partial charge in [0.2, 0.25) is 11.8 Å². The number of carbonyl (C=O) groups excluding carboxylic acids is 4. The molecular formula is C38H29Cl2F3N4O5S. The number of alkyl halides is 3. The summed E-state index contributed by atoms with van der Waals surface area (Å²) in [6, 6.07) is 15.8. The first-order valence-electron chi connectivity index (χ1n) is 16.7. The number of thiophene rings is 1. The van der Waals surface area contributed by atoms with Crippen molar-refractivity contribution in [1.29, 1.82) is 0 Å². The highest BCUT2D eigenvalue weighted by molar-refractivity contribution is 7.09. The van der Waals surface area contributed by atoms with Crippen LogP contribution >= 0.6 is 34.5 Å². The number of phenols is 1. The van der Waals surface area contributed by atoms with Crippen molar-refractivity contribution < 1.29 is 37.5 Å². The number of nitrogens with zero attached hydrogens (tertiary/aromatic N) is 3. The van der Waals surface area contributed by atoms with Gasteiger partial charge in [-0.2, -0.15) is 18.2 Å². The molecule has 272 valence electrons. The molecule has 53 heavy (non-hydrogen) atoms. The second kappa shape index (κ2) is 12.7. The number of nitrogens with one attached hydrogen (secondary N) is 1. The Bertz CT molecular complexity index is 2230. The van der Waals surface area contributed by atoms with Gasteiger partial charge >= 0.3 is 6.18 Å². The van der Waals surface area contributed by atoms with Crippen LogP contribution in [0.3, 0.4) is 0 Å². The van der Waals surface area contributed by atoms with Crippen LogP contribution in [0.15, 0.2) is 83.9 Å². The number of rotatable bonds is 6. The predicted molar refractivity (Wildman–Crippen MR) is 190 cm³/mol. The topological polar surface area (TPSA) is 120 Å². The lowest BCUT2D eigenvalue weighted by molar-refractivity contribution is -0.142. The number of hydrazine groups is 1. The van der Waals surface area contributed by atoms with Crippen LogP contribution in [0.25, 0.3) is 0 Å². The van der Waals surface area contributed by atoms with Crippen molar-refractivity contribution in [3.8, 4) is 5.75 Å². The Morgan fingerprint density at radius 1 is 1.00 bits per heavy atom. The molecule has 4 aromatic rings. The highest BCUT2D eigenvalue weighted by Gasteiger charge is 2.70. The Hall–Kier alpha value is -4.72. The minimum atomic E-state index is -4.74. The third-order valence-corrected chi connectivity index (χ3v) is 12.5. The summed E-state index contributed by atoms with van der Waals surface area (Å²) in [5, 5.41) is 13.1. The minimum absolute atomic E-state index is 0.00593. The molecule has 1 saturated carbocycles. The zero-order valence-corrected chi connectivity index (χ0v) is 30.1. The van der Waals surface area contributed by atoms with E-state index in [9.17, 15) is 32.7 Å². The number of carbonyl (C=O) groups is 4. The zero-order chi connectivity index (χ0) is 37.6. The SMILES string of the molecule is Cc1cc([C@H]2C3=CC[C@@H]4C(=O)N(Cc5cccs5)C(=O)[C@@H]4[C@@H]3C[C@H]3C(=O)N(Nc4ncc(C(F)(F)F)cc4Cl)C(=O)[C@@]23c2ccc(Cl)cc2)ccc1O. The average Bonchev–Trinajstić information content (AvgIpc) is 3.78. The first-order chi connectivity index (χ1) is 25.2. The Morgan fingerprint density at radius 3 is 2.42 bits per heavy atom. The van der Waals surface area contributed by atoms with Crippen LogP contribution in [-0.2, 0) is 37.3 Å². The maximum absolute atomic E-state index is 15.2. The maximum atomic E-state index is 15.2. The number of halogens is 5. The Balaban J connectivity index is 1.30. The summed E-state index contributed by atoms with van der Waals surface area (Å²) in [6.07, 6.45) is -2.04. The van der Waals surface area contributed by atoms with E-state index in [4.69, 9.17) is 23.2 Å². The molecule has 2 aromatic heterocycles. The molecule has 9 nitrogen and oxygen atoms in total. The van der Waals surface area contributed by atoms with Crippen molar-refractivity contribution >= 4 is 64.0 Å². The van der Waals surface area contributed by atoms with Crippen LogP contribution in [0.1, 0.15) is 45.9 Å². The lowest BCUT2D eigenvalue weighted by atomic mass is 9.49. The van der Waals surface area contributed by atoms with Crippen molar-refractivity contribution in [3.63, 3.8) is 0 Å². The molecule has 15 heteroatoms. The van der Waals surface area contributed by atoms with Crippen LogP contribution in [0.4, 0.5) is 19.0 Å². The molecular weight excluding hydrogens is 752 g/mol. The van der Waals surface area contributed by atoms with E-state index in [2.05, 4.69) is 10.4 Å². The van der Waals surface area contributed by atoms with Crippen molar-refractivity contribution in [3.05, 3.63) is 121 Å². The standard InChI is InChI=1S/C38H29Cl2F3N4O5S/c1-18-13-19(4-11-29(18)48)31-24-9-10-25-30(35(51)46(33(25)49)17-23-3-2-12-53-23)26(24)15-27-34(50)47(36(52)37(27,31)20-5-7-22(39)8-6-20)45-32-28(40)14-21(16-44-32)38(41,42)43/h2-9,11-14,16,25-27,30-31,48H,10,15,17H2,1H3,(H,44,45)/t25-,26+,27-,30-,31-,37+/m0/s1. The number of likely N-dealkylation sites (tertiary alicyclic amines) is 1. The van der Waals surface area contributed by atoms with Crippen LogP contribution < -0.4 is 5.43 Å². The molecule has 4 amide bonds. The number of allylic oxidation sites excluding steroid dienone is 2. The molecule has 8 rings (SSSR count). The summed E-state index contributed by atoms with van der Waals surface area (Å²) in [7, 11) is 0. The molecule has 2 saturated heterocycles. The van der Waals surface area contributed by atoms with Gasteiger partial charge in [0.05, 0.1) is 40.3 Å². The molecule has 4 aliphatic rings. The molecule has 0 radical (unpaired) electrons. The minimum Gasteiger partial charge on any atom is -0.508 e. The summed E-state index contributed by atoms with van der Waals surface area (Å²) in [4.78, 5) is 64.1. The third-order valence-electron chi connectivity index (χ3n) is 11.1. The number of aromatic hydroxyl groups is 1. The number of amides is 4. The summed E-state index contributed by atoms with van der Waals surface area (Å²) in [5.41, 5.74) is 2.06. The Labute approximate surface area is 315 Å². The molecule has 2 aliphatic heterocycles. The van der Waals surface area contributed by atoms with Gasteiger partial charge in [-0.25, -0.2) is 4.98 Å². The van der Waals surface area contributed by atoms with E-state index < -0.39 is 63.6 Å². The smallest absolute Gasteiger partial charge is 0.417 e. The Morgan fingerprint density at radius 2 is 1.75 bits per heavy atom.